The molecule has 23 heavy (non-hydrogen) atoms. The second-order valence-electron chi connectivity index (χ2n) is 5.56. The smallest absolute Gasteiger partial charge is 0.184 e. The van der Waals surface area contributed by atoms with Gasteiger partial charge >= 0.3 is 0 Å². The van der Waals surface area contributed by atoms with E-state index in [0.29, 0.717) is 23.8 Å². The average molecular weight is 333 g/mol. The zero-order chi connectivity index (χ0) is 16.3. The molecular weight excluding hydrogens is 314 g/mol. The zero-order valence-corrected chi connectivity index (χ0v) is 13.7. The van der Waals surface area contributed by atoms with Crippen LogP contribution in [0.3, 0.4) is 0 Å². The molecule has 0 spiro atoms. The van der Waals surface area contributed by atoms with Crippen LogP contribution in [-0.2, 0) is 20.3 Å². The van der Waals surface area contributed by atoms with Gasteiger partial charge in [0, 0.05) is 12.6 Å². The predicted octanol–water partition coefficient (Wildman–Crippen LogP) is 1.68. The summed E-state index contributed by atoms with van der Waals surface area (Å²) in [6.45, 7) is 4.08. The molecule has 0 aliphatic carbocycles. The molecule has 0 saturated carbocycles. The number of morpholine rings is 1. The molecule has 1 saturated heterocycles. The molecule has 122 valence electrons. The molecule has 3 rings (SSSR count). The Morgan fingerprint density at radius 1 is 1.26 bits per heavy atom. The number of hydrogen-bond acceptors (Lipinski definition) is 6. The molecule has 7 heteroatoms. The van der Waals surface area contributed by atoms with Crippen molar-refractivity contribution in [1.82, 2.24) is 9.97 Å². The largest absolute Gasteiger partial charge is 0.377 e. The summed E-state index contributed by atoms with van der Waals surface area (Å²) in [4.78, 5) is 10.8. The summed E-state index contributed by atoms with van der Waals surface area (Å²) in [6, 6.07) is 10.4. The number of sulfone groups is 1. The van der Waals surface area contributed by atoms with Crippen LogP contribution in [0.25, 0.3) is 0 Å². The van der Waals surface area contributed by atoms with Crippen molar-refractivity contribution in [2.45, 2.75) is 23.6 Å². The van der Waals surface area contributed by atoms with Crippen molar-refractivity contribution >= 4 is 15.7 Å². The van der Waals surface area contributed by atoms with E-state index in [1.165, 1.54) is 6.33 Å². The van der Waals surface area contributed by atoms with Crippen LogP contribution in [0, 0.1) is 0 Å². The Morgan fingerprint density at radius 3 is 2.78 bits per heavy atom. The fourth-order valence-corrected chi connectivity index (χ4v) is 3.88. The second kappa shape index (κ2) is 6.64. The van der Waals surface area contributed by atoms with Gasteiger partial charge in [-0.05, 0) is 19.1 Å². The number of nitrogens with zero attached hydrogens (tertiary/aromatic N) is 3. The van der Waals surface area contributed by atoms with Crippen molar-refractivity contribution in [3.63, 3.8) is 0 Å². The Balaban J connectivity index is 1.83. The van der Waals surface area contributed by atoms with Crippen LogP contribution in [0.4, 0.5) is 5.82 Å². The lowest BCUT2D eigenvalue weighted by Crippen LogP contribution is -2.44. The molecule has 0 radical (unpaired) electrons. The van der Waals surface area contributed by atoms with E-state index in [-0.39, 0.29) is 11.8 Å². The van der Waals surface area contributed by atoms with Gasteiger partial charge < -0.3 is 9.64 Å². The van der Waals surface area contributed by atoms with Crippen molar-refractivity contribution in [1.29, 1.82) is 0 Å². The van der Waals surface area contributed by atoms with Gasteiger partial charge in [0.1, 0.15) is 12.1 Å². The van der Waals surface area contributed by atoms with E-state index in [4.69, 9.17) is 4.74 Å². The molecule has 0 bridgehead atoms. The third-order valence-corrected chi connectivity index (χ3v) is 5.48. The van der Waals surface area contributed by atoms with E-state index in [0.717, 1.165) is 12.4 Å². The van der Waals surface area contributed by atoms with Gasteiger partial charge in [-0.3, -0.25) is 0 Å². The van der Waals surface area contributed by atoms with Crippen molar-refractivity contribution < 1.29 is 13.2 Å². The van der Waals surface area contributed by atoms with E-state index in [1.807, 2.05) is 0 Å². The lowest BCUT2D eigenvalue weighted by molar-refractivity contribution is 0.0985. The monoisotopic (exact) mass is 333 g/mol. The minimum atomic E-state index is -3.41. The zero-order valence-electron chi connectivity index (χ0n) is 12.9. The van der Waals surface area contributed by atoms with Crippen molar-refractivity contribution in [3.8, 4) is 0 Å². The van der Waals surface area contributed by atoms with Crippen LogP contribution in [0.15, 0.2) is 47.6 Å². The van der Waals surface area contributed by atoms with Gasteiger partial charge in [0.2, 0.25) is 0 Å². The van der Waals surface area contributed by atoms with Crippen molar-refractivity contribution in [3.05, 3.63) is 48.4 Å². The topological polar surface area (TPSA) is 72.4 Å². The number of rotatable bonds is 4. The predicted molar refractivity (Wildman–Crippen MR) is 87.0 cm³/mol. The molecule has 1 fully saturated rings. The fraction of sp³-hybridized carbons (Fsp3) is 0.375. The number of hydrogen-bond donors (Lipinski definition) is 0. The quantitative estimate of drug-likeness (QED) is 0.847. The first-order chi connectivity index (χ1) is 11.1. The van der Waals surface area contributed by atoms with E-state index >= 15 is 0 Å². The fourth-order valence-electron chi connectivity index (χ4n) is 2.60. The Morgan fingerprint density at radius 2 is 2.04 bits per heavy atom. The minimum absolute atomic E-state index is 0.134. The summed E-state index contributed by atoms with van der Waals surface area (Å²) < 4.78 is 30.3. The van der Waals surface area contributed by atoms with Gasteiger partial charge in [-0.15, -0.1) is 0 Å². The summed E-state index contributed by atoms with van der Waals surface area (Å²) in [5.41, 5.74) is 0.498. The standard InChI is InChI=1S/C16H19N3O3S/c1-13-10-22-8-7-19(13)16-9-14(17-12-18-16)11-23(20,21)15-5-3-2-4-6-15/h2-6,9,12-13H,7-8,10-11H2,1H3/t13-/m0/s1. The Labute approximate surface area is 136 Å². The first kappa shape index (κ1) is 15.9. The number of aromatic nitrogens is 2. The minimum Gasteiger partial charge on any atom is -0.377 e. The molecule has 1 aromatic carbocycles. The molecule has 0 unspecified atom stereocenters. The van der Waals surface area contributed by atoms with Gasteiger partial charge in [0.05, 0.1) is 35.6 Å². The number of anilines is 1. The number of benzene rings is 1. The summed E-state index contributed by atoms with van der Waals surface area (Å²) in [7, 11) is -3.41. The van der Waals surface area contributed by atoms with Gasteiger partial charge in [-0.25, -0.2) is 18.4 Å². The van der Waals surface area contributed by atoms with E-state index < -0.39 is 9.84 Å². The maximum absolute atomic E-state index is 12.5. The highest BCUT2D eigenvalue weighted by molar-refractivity contribution is 7.90. The highest BCUT2D eigenvalue weighted by Gasteiger charge is 2.22. The normalized spacial score (nSPS) is 18.8. The SMILES string of the molecule is C[C@H]1COCCN1c1cc(CS(=O)(=O)c2ccccc2)ncn1. The van der Waals surface area contributed by atoms with Crippen LogP contribution in [0.5, 0.6) is 0 Å². The van der Waals surface area contributed by atoms with Gasteiger partial charge in [-0.2, -0.15) is 0 Å². The van der Waals surface area contributed by atoms with E-state index in [9.17, 15) is 8.42 Å². The molecule has 6 nitrogen and oxygen atoms in total. The van der Waals surface area contributed by atoms with Crippen molar-refractivity contribution in [2.75, 3.05) is 24.7 Å². The van der Waals surface area contributed by atoms with E-state index in [2.05, 4.69) is 21.8 Å². The molecule has 0 amide bonds. The maximum Gasteiger partial charge on any atom is 0.184 e. The Bertz CT molecular complexity index is 765. The first-order valence-electron chi connectivity index (χ1n) is 7.49. The summed E-state index contributed by atoms with van der Waals surface area (Å²) in [5.74, 6) is 0.611. The van der Waals surface area contributed by atoms with Crippen LogP contribution in [-0.4, -0.2) is 44.2 Å². The van der Waals surface area contributed by atoms with Crippen LogP contribution in [0.2, 0.25) is 0 Å². The lowest BCUT2D eigenvalue weighted by Gasteiger charge is -2.34. The van der Waals surface area contributed by atoms with Gasteiger partial charge in [0.25, 0.3) is 0 Å². The Kier molecular flexibility index (Phi) is 4.58. The third-order valence-electron chi connectivity index (χ3n) is 3.81. The molecule has 0 N–H and O–H groups in total. The second-order valence-corrected chi connectivity index (χ2v) is 7.55. The van der Waals surface area contributed by atoms with Crippen LogP contribution in [0.1, 0.15) is 12.6 Å². The molecule has 2 heterocycles. The Hall–Kier alpha value is -1.99. The molecule has 1 aliphatic rings. The summed E-state index contributed by atoms with van der Waals surface area (Å²) in [5, 5.41) is 0. The van der Waals surface area contributed by atoms with Crippen LogP contribution >= 0.6 is 0 Å². The summed E-state index contributed by atoms with van der Waals surface area (Å²) in [6.07, 6.45) is 1.42. The highest BCUT2D eigenvalue weighted by Crippen LogP contribution is 2.20. The molecular formula is C16H19N3O3S. The molecule has 1 aliphatic heterocycles. The number of ether oxygens (including phenoxy) is 1. The lowest BCUT2D eigenvalue weighted by atomic mass is 10.2. The van der Waals surface area contributed by atoms with Crippen molar-refractivity contribution in [2.24, 2.45) is 0 Å². The highest BCUT2D eigenvalue weighted by atomic mass is 32.2. The third kappa shape index (κ3) is 3.68. The molecule has 2 aromatic rings. The van der Waals surface area contributed by atoms with Crippen LogP contribution < -0.4 is 4.90 Å². The van der Waals surface area contributed by atoms with E-state index in [1.54, 1.807) is 36.4 Å². The van der Waals surface area contributed by atoms with Gasteiger partial charge in [0.15, 0.2) is 9.84 Å². The summed E-state index contributed by atoms with van der Waals surface area (Å²) >= 11 is 0. The maximum atomic E-state index is 12.5. The first-order valence-corrected chi connectivity index (χ1v) is 9.14. The molecule has 1 aromatic heterocycles. The van der Waals surface area contributed by atoms with Gasteiger partial charge in [-0.1, -0.05) is 18.2 Å². The average Bonchev–Trinajstić information content (AvgIpc) is 2.56. The molecule has 1 atom stereocenters.